The number of anilines is 1. The van der Waals surface area contributed by atoms with Crippen molar-refractivity contribution in [1.82, 2.24) is 5.16 Å². The number of hydrogen-bond acceptors (Lipinski definition) is 4. The molecule has 0 bridgehead atoms. The summed E-state index contributed by atoms with van der Waals surface area (Å²) in [6.45, 7) is 1.52. The SMILES string of the molecule is Nc1onc(C2CCCOC2)c1-c1cccc(Br)c1. The maximum Gasteiger partial charge on any atom is 0.230 e. The van der Waals surface area contributed by atoms with Crippen LogP contribution in [0, 0.1) is 0 Å². The van der Waals surface area contributed by atoms with Crippen molar-refractivity contribution in [3.8, 4) is 11.1 Å². The summed E-state index contributed by atoms with van der Waals surface area (Å²) in [5, 5.41) is 4.15. The molecule has 1 unspecified atom stereocenters. The monoisotopic (exact) mass is 322 g/mol. The predicted molar refractivity (Wildman–Crippen MR) is 76.8 cm³/mol. The maximum atomic E-state index is 5.94. The maximum absolute atomic E-state index is 5.94. The van der Waals surface area contributed by atoms with Crippen molar-refractivity contribution in [2.24, 2.45) is 0 Å². The number of aromatic nitrogens is 1. The van der Waals surface area contributed by atoms with E-state index in [0.29, 0.717) is 12.5 Å². The second-order valence-corrected chi connectivity index (χ2v) is 5.65. The lowest BCUT2D eigenvalue weighted by Crippen LogP contribution is -2.16. The second-order valence-electron chi connectivity index (χ2n) is 4.73. The van der Waals surface area contributed by atoms with Crippen molar-refractivity contribution in [1.29, 1.82) is 0 Å². The standard InChI is InChI=1S/C14H15BrN2O2/c15-11-5-1-3-9(7-11)12-13(17-19-14(12)16)10-4-2-6-18-8-10/h1,3,5,7,10H,2,4,6,8,16H2. The topological polar surface area (TPSA) is 61.3 Å². The third-order valence-corrected chi connectivity index (χ3v) is 3.90. The van der Waals surface area contributed by atoms with Crippen LogP contribution in [0.3, 0.4) is 0 Å². The molecule has 0 amide bonds. The van der Waals surface area contributed by atoms with E-state index in [0.717, 1.165) is 40.7 Å². The molecule has 4 nitrogen and oxygen atoms in total. The summed E-state index contributed by atoms with van der Waals surface area (Å²) in [5.74, 6) is 0.641. The van der Waals surface area contributed by atoms with Crippen LogP contribution >= 0.6 is 15.9 Å². The van der Waals surface area contributed by atoms with E-state index in [-0.39, 0.29) is 5.92 Å². The van der Waals surface area contributed by atoms with Crippen molar-refractivity contribution >= 4 is 21.8 Å². The van der Waals surface area contributed by atoms with E-state index in [1.54, 1.807) is 0 Å². The van der Waals surface area contributed by atoms with Crippen LogP contribution in [0.1, 0.15) is 24.5 Å². The van der Waals surface area contributed by atoms with Crippen molar-refractivity contribution in [3.05, 3.63) is 34.4 Å². The van der Waals surface area contributed by atoms with Crippen LogP contribution in [0.5, 0.6) is 0 Å². The minimum atomic E-state index is 0.267. The number of halogens is 1. The van der Waals surface area contributed by atoms with E-state index < -0.39 is 0 Å². The van der Waals surface area contributed by atoms with Crippen LogP contribution in [0.2, 0.25) is 0 Å². The van der Waals surface area contributed by atoms with Gasteiger partial charge in [-0.3, -0.25) is 0 Å². The lowest BCUT2D eigenvalue weighted by Gasteiger charge is -2.20. The molecule has 100 valence electrons. The van der Waals surface area contributed by atoms with Crippen LogP contribution in [0.4, 0.5) is 5.88 Å². The molecule has 1 aliphatic heterocycles. The Kier molecular flexibility index (Phi) is 3.57. The van der Waals surface area contributed by atoms with Gasteiger partial charge in [0.2, 0.25) is 5.88 Å². The Morgan fingerprint density at radius 3 is 3.00 bits per heavy atom. The van der Waals surface area contributed by atoms with E-state index in [1.807, 2.05) is 24.3 Å². The first-order valence-corrected chi connectivity index (χ1v) is 7.13. The van der Waals surface area contributed by atoms with Gasteiger partial charge in [0.25, 0.3) is 0 Å². The fourth-order valence-corrected chi connectivity index (χ4v) is 2.88. The van der Waals surface area contributed by atoms with Gasteiger partial charge in [0.05, 0.1) is 17.9 Å². The molecule has 19 heavy (non-hydrogen) atoms. The average Bonchev–Trinajstić information content (AvgIpc) is 2.82. The largest absolute Gasteiger partial charge is 0.381 e. The fourth-order valence-electron chi connectivity index (χ4n) is 2.49. The highest BCUT2D eigenvalue weighted by Gasteiger charge is 2.25. The highest BCUT2D eigenvalue weighted by molar-refractivity contribution is 9.10. The number of nitrogen functional groups attached to an aromatic ring is 1. The van der Waals surface area contributed by atoms with E-state index in [9.17, 15) is 0 Å². The van der Waals surface area contributed by atoms with Gasteiger partial charge >= 0.3 is 0 Å². The lowest BCUT2D eigenvalue weighted by atomic mass is 9.93. The van der Waals surface area contributed by atoms with E-state index in [1.165, 1.54) is 0 Å². The molecular formula is C14H15BrN2O2. The molecule has 0 aliphatic carbocycles. The first-order valence-electron chi connectivity index (χ1n) is 6.34. The molecule has 1 saturated heterocycles. The smallest absolute Gasteiger partial charge is 0.230 e. The Labute approximate surface area is 120 Å². The third kappa shape index (κ3) is 2.53. The van der Waals surface area contributed by atoms with Gasteiger partial charge in [-0.1, -0.05) is 33.2 Å². The zero-order valence-electron chi connectivity index (χ0n) is 10.4. The normalized spacial score (nSPS) is 19.5. The summed E-state index contributed by atoms with van der Waals surface area (Å²) in [5.41, 5.74) is 8.78. The minimum absolute atomic E-state index is 0.267. The van der Waals surface area contributed by atoms with Crippen LogP contribution < -0.4 is 5.73 Å². The fraction of sp³-hybridized carbons (Fsp3) is 0.357. The molecule has 1 fully saturated rings. The van der Waals surface area contributed by atoms with Crippen LogP contribution in [-0.4, -0.2) is 18.4 Å². The summed E-state index contributed by atoms with van der Waals surface area (Å²) in [6.07, 6.45) is 2.11. The number of nitrogens with zero attached hydrogens (tertiary/aromatic N) is 1. The van der Waals surface area contributed by atoms with Gasteiger partial charge in [-0.25, -0.2) is 0 Å². The number of hydrogen-bond donors (Lipinski definition) is 1. The lowest BCUT2D eigenvalue weighted by molar-refractivity contribution is 0.0785. The highest BCUT2D eigenvalue weighted by atomic mass is 79.9. The van der Waals surface area contributed by atoms with Crippen molar-refractivity contribution in [2.75, 3.05) is 18.9 Å². The summed E-state index contributed by atoms with van der Waals surface area (Å²) in [7, 11) is 0. The number of ether oxygens (including phenoxy) is 1. The van der Waals surface area contributed by atoms with Crippen LogP contribution in [0.25, 0.3) is 11.1 Å². The highest BCUT2D eigenvalue weighted by Crippen LogP contribution is 2.37. The number of benzene rings is 1. The quantitative estimate of drug-likeness (QED) is 0.917. The average molecular weight is 323 g/mol. The molecule has 2 heterocycles. The molecule has 2 N–H and O–H groups in total. The Morgan fingerprint density at radius 1 is 1.37 bits per heavy atom. The molecule has 0 spiro atoms. The van der Waals surface area contributed by atoms with Gasteiger partial charge in [0, 0.05) is 17.0 Å². The predicted octanol–water partition coefficient (Wildman–Crippen LogP) is 3.58. The van der Waals surface area contributed by atoms with Gasteiger partial charge in [-0.2, -0.15) is 0 Å². The number of nitrogens with two attached hydrogens (primary N) is 1. The zero-order chi connectivity index (χ0) is 13.2. The summed E-state index contributed by atoms with van der Waals surface area (Å²) in [4.78, 5) is 0. The summed E-state index contributed by atoms with van der Waals surface area (Å²) in [6, 6.07) is 8.00. The third-order valence-electron chi connectivity index (χ3n) is 3.41. The van der Waals surface area contributed by atoms with E-state index >= 15 is 0 Å². The molecule has 3 rings (SSSR count). The molecule has 1 aromatic carbocycles. The van der Waals surface area contributed by atoms with E-state index in [4.69, 9.17) is 15.0 Å². The Bertz CT molecular complexity index is 577. The molecule has 2 aromatic rings. The molecule has 0 saturated carbocycles. The van der Waals surface area contributed by atoms with Crippen LogP contribution in [0.15, 0.2) is 33.3 Å². The first-order chi connectivity index (χ1) is 9.25. The van der Waals surface area contributed by atoms with Crippen molar-refractivity contribution < 1.29 is 9.26 Å². The van der Waals surface area contributed by atoms with E-state index in [2.05, 4.69) is 21.1 Å². The molecular weight excluding hydrogens is 308 g/mol. The first kappa shape index (κ1) is 12.7. The molecule has 1 atom stereocenters. The Morgan fingerprint density at radius 2 is 2.26 bits per heavy atom. The number of rotatable bonds is 2. The van der Waals surface area contributed by atoms with Crippen LogP contribution in [-0.2, 0) is 4.74 Å². The molecule has 1 aromatic heterocycles. The van der Waals surface area contributed by atoms with Crippen molar-refractivity contribution in [3.63, 3.8) is 0 Å². The molecule has 1 aliphatic rings. The Balaban J connectivity index is 2.03. The van der Waals surface area contributed by atoms with Gasteiger partial charge in [-0.05, 0) is 30.5 Å². The van der Waals surface area contributed by atoms with Gasteiger partial charge < -0.3 is 15.0 Å². The summed E-state index contributed by atoms with van der Waals surface area (Å²) < 4.78 is 11.7. The van der Waals surface area contributed by atoms with Crippen molar-refractivity contribution in [2.45, 2.75) is 18.8 Å². The van der Waals surface area contributed by atoms with Gasteiger partial charge in [-0.15, -0.1) is 0 Å². The van der Waals surface area contributed by atoms with Gasteiger partial charge in [0.1, 0.15) is 0 Å². The molecule has 0 radical (unpaired) electrons. The molecule has 5 heteroatoms. The second kappa shape index (κ2) is 5.35. The minimum Gasteiger partial charge on any atom is -0.381 e. The zero-order valence-corrected chi connectivity index (χ0v) is 12.0. The van der Waals surface area contributed by atoms with Gasteiger partial charge in [0.15, 0.2) is 0 Å². The summed E-state index contributed by atoms with van der Waals surface area (Å²) >= 11 is 3.48. The Hall–Kier alpha value is -1.33.